The zero-order chi connectivity index (χ0) is 14.7. The fraction of sp³-hybridized carbons (Fsp3) is 0.188. The predicted molar refractivity (Wildman–Crippen MR) is 79.9 cm³/mol. The molecule has 0 aromatic heterocycles. The van der Waals surface area contributed by atoms with Gasteiger partial charge in [0.2, 0.25) is 0 Å². The Labute approximate surface area is 122 Å². The van der Waals surface area contributed by atoms with Crippen LogP contribution >= 0.6 is 0 Å². The third-order valence-electron chi connectivity index (χ3n) is 3.26. The number of ether oxygens (including phenoxy) is 2. The van der Waals surface area contributed by atoms with Crippen LogP contribution in [0.15, 0.2) is 48.5 Å². The molecule has 0 unspecified atom stereocenters. The maximum Gasteiger partial charge on any atom is 0.266 e. The number of nitrogen functional groups attached to an aromatic ring is 1. The maximum atomic E-state index is 12.0. The van der Waals surface area contributed by atoms with Gasteiger partial charge in [0, 0.05) is 5.69 Å². The smallest absolute Gasteiger partial charge is 0.266 e. The van der Waals surface area contributed by atoms with E-state index in [0.29, 0.717) is 23.7 Å². The molecule has 21 heavy (non-hydrogen) atoms. The lowest BCUT2D eigenvalue weighted by atomic mass is 10.2. The van der Waals surface area contributed by atoms with Crippen LogP contribution in [0.3, 0.4) is 0 Å². The first-order valence-corrected chi connectivity index (χ1v) is 6.68. The summed E-state index contributed by atoms with van der Waals surface area (Å²) in [4.78, 5) is 13.5. The molecule has 5 nitrogen and oxygen atoms in total. The molecule has 1 heterocycles. The summed E-state index contributed by atoms with van der Waals surface area (Å²) in [6.45, 7) is 0.641. The van der Waals surface area contributed by atoms with Crippen LogP contribution in [0.1, 0.15) is 5.56 Å². The van der Waals surface area contributed by atoms with E-state index in [-0.39, 0.29) is 19.2 Å². The van der Waals surface area contributed by atoms with Gasteiger partial charge in [-0.05, 0) is 23.8 Å². The topological polar surface area (TPSA) is 64.8 Å². The molecule has 0 saturated heterocycles. The molecule has 0 radical (unpaired) electrons. The van der Waals surface area contributed by atoms with Crippen molar-refractivity contribution in [2.75, 3.05) is 24.0 Å². The first kappa shape index (κ1) is 13.5. The van der Waals surface area contributed by atoms with Gasteiger partial charge in [0.1, 0.15) is 12.5 Å². The van der Waals surface area contributed by atoms with Crippen LogP contribution in [-0.2, 0) is 16.1 Å². The standard InChI is InChI=1S/C16H16N2O3/c17-13-6-7-15-14(8-13)18(16(19)10-21-15)11-20-9-12-4-2-1-3-5-12/h1-8H,9-11,17H2. The van der Waals surface area contributed by atoms with Gasteiger partial charge in [-0.25, -0.2) is 0 Å². The van der Waals surface area contributed by atoms with E-state index in [4.69, 9.17) is 15.2 Å². The minimum Gasteiger partial charge on any atom is -0.482 e. The van der Waals surface area contributed by atoms with Crippen molar-refractivity contribution in [2.24, 2.45) is 0 Å². The number of benzene rings is 2. The van der Waals surface area contributed by atoms with Crippen LogP contribution in [0.25, 0.3) is 0 Å². The highest BCUT2D eigenvalue weighted by molar-refractivity contribution is 5.98. The summed E-state index contributed by atoms with van der Waals surface area (Å²) in [5.74, 6) is 0.508. The number of nitrogens with two attached hydrogens (primary N) is 1. The van der Waals surface area contributed by atoms with Crippen molar-refractivity contribution in [1.29, 1.82) is 0 Å². The molecule has 1 amide bonds. The quantitative estimate of drug-likeness (QED) is 0.874. The Balaban J connectivity index is 1.70. The Kier molecular flexibility index (Phi) is 3.75. The van der Waals surface area contributed by atoms with Crippen molar-refractivity contribution < 1.29 is 14.3 Å². The summed E-state index contributed by atoms with van der Waals surface area (Å²) in [5.41, 5.74) is 8.07. The second-order valence-electron chi connectivity index (χ2n) is 4.80. The summed E-state index contributed by atoms with van der Waals surface area (Å²) in [5, 5.41) is 0. The van der Waals surface area contributed by atoms with E-state index in [1.807, 2.05) is 30.3 Å². The zero-order valence-corrected chi connectivity index (χ0v) is 11.5. The van der Waals surface area contributed by atoms with E-state index in [9.17, 15) is 4.79 Å². The second kappa shape index (κ2) is 5.85. The number of rotatable bonds is 4. The molecular weight excluding hydrogens is 268 g/mol. The van der Waals surface area contributed by atoms with Crippen LogP contribution in [0.5, 0.6) is 5.75 Å². The first-order chi connectivity index (χ1) is 10.2. The summed E-state index contributed by atoms with van der Waals surface area (Å²) in [7, 11) is 0. The number of anilines is 2. The van der Waals surface area contributed by atoms with Crippen molar-refractivity contribution in [3.8, 4) is 5.75 Å². The Morgan fingerprint density at radius 3 is 2.81 bits per heavy atom. The Morgan fingerprint density at radius 1 is 1.19 bits per heavy atom. The van der Waals surface area contributed by atoms with Crippen LogP contribution < -0.4 is 15.4 Å². The van der Waals surface area contributed by atoms with Crippen molar-refractivity contribution in [3.05, 3.63) is 54.1 Å². The Hall–Kier alpha value is -2.53. The molecule has 1 aliphatic rings. The number of nitrogens with zero attached hydrogens (tertiary/aromatic N) is 1. The molecule has 3 rings (SSSR count). The van der Waals surface area contributed by atoms with Gasteiger partial charge in [0.25, 0.3) is 5.91 Å². The SMILES string of the molecule is Nc1ccc2c(c1)N(COCc1ccccc1)C(=O)CO2. The number of amides is 1. The van der Waals surface area contributed by atoms with Crippen LogP contribution in [0, 0.1) is 0 Å². The van der Waals surface area contributed by atoms with Gasteiger partial charge >= 0.3 is 0 Å². The molecule has 2 aromatic rings. The van der Waals surface area contributed by atoms with Crippen molar-refractivity contribution >= 4 is 17.3 Å². The molecule has 0 atom stereocenters. The minimum atomic E-state index is -0.138. The van der Waals surface area contributed by atoms with E-state index >= 15 is 0 Å². The summed E-state index contributed by atoms with van der Waals surface area (Å²) < 4.78 is 11.0. The van der Waals surface area contributed by atoms with Gasteiger partial charge in [-0.1, -0.05) is 30.3 Å². The average molecular weight is 284 g/mol. The largest absolute Gasteiger partial charge is 0.482 e. The predicted octanol–water partition coefficient (Wildman–Crippen LogP) is 2.17. The lowest BCUT2D eigenvalue weighted by Gasteiger charge is -2.29. The average Bonchev–Trinajstić information content (AvgIpc) is 2.50. The van der Waals surface area contributed by atoms with Gasteiger partial charge in [-0.15, -0.1) is 0 Å². The Bertz CT molecular complexity index is 643. The molecule has 5 heteroatoms. The van der Waals surface area contributed by atoms with E-state index in [1.165, 1.54) is 0 Å². The molecule has 1 aliphatic heterocycles. The highest BCUT2D eigenvalue weighted by Crippen LogP contribution is 2.33. The number of hydrogen-bond acceptors (Lipinski definition) is 4. The van der Waals surface area contributed by atoms with Crippen molar-refractivity contribution in [3.63, 3.8) is 0 Å². The highest BCUT2D eigenvalue weighted by Gasteiger charge is 2.25. The molecule has 108 valence electrons. The summed E-state index contributed by atoms with van der Waals surface area (Å²) >= 11 is 0. The Morgan fingerprint density at radius 2 is 2.00 bits per heavy atom. The minimum absolute atomic E-state index is 0.0195. The van der Waals surface area contributed by atoms with E-state index in [2.05, 4.69) is 0 Å². The fourth-order valence-corrected chi connectivity index (χ4v) is 2.19. The van der Waals surface area contributed by atoms with E-state index in [1.54, 1.807) is 23.1 Å². The molecular formula is C16H16N2O3. The summed E-state index contributed by atoms with van der Waals surface area (Å²) in [6.07, 6.45) is 0. The normalized spacial score (nSPS) is 13.7. The van der Waals surface area contributed by atoms with Crippen LogP contribution in [0.2, 0.25) is 0 Å². The molecule has 0 aliphatic carbocycles. The highest BCUT2D eigenvalue weighted by atomic mass is 16.5. The number of hydrogen-bond donors (Lipinski definition) is 1. The van der Waals surface area contributed by atoms with E-state index in [0.717, 1.165) is 5.56 Å². The third kappa shape index (κ3) is 2.98. The second-order valence-corrected chi connectivity index (χ2v) is 4.80. The molecule has 2 N–H and O–H groups in total. The van der Waals surface area contributed by atoms with Crippen molar-refractivity contribution in [2.45, 2.75) is 6.61 Å². The van der Waals surface area contributed by atoms with Crippen LogP contribution in [0.4, 0.5) is 11.4 Å². The first-order valence-electron chi connectivity index (χ1n) is 6.68. The third-order valence-corrected chi connectivity index (χ3v) is 3.26. The molecule has 0 saturated carbocycles. The van der Waals surface area contributed by atoms with Gasteiger partial charge in [-0.3, -0.25) is 9.69 Å². The van der Waals surface area contributed by atoms with E-state index < -0.39 is 0 Å². The van der Waals surface area contributed by atoms with Crippen molar-refractivity contribution in [1.82, 2.24) is 0 Å². The fourth-order valence-electron chi connectivity index (χ4n) is 2.19. The monoisotopic (exact) mass is 284 g/mol. The van der Waals surface area contributed by atoms with Gasteiger partial charge in [0.15, 0.2) is 6.61 Å². The number of carbonyl (C=O) groups is 1. The lowest BCUT2D eigenvalue weighted by molar-refractivity contribution is -0.122. The summed E-state index contributed by atoms with van der Waals surface area (Å²) in [6, 6.07) is 15.1. The molecule has 0 fully saturated rings. The number of fused-ring (bicyclic) bond motifs is 1. The maximum absolute atomic E-state index is 12.0. The van der Waals surface area contributed by atoms with Crippen LogP contribution in [-0.4, -0.2) is 19.2 Å². The number of carbonyl (C=O) groups excluding carboxylic acids is 1. The molecule has 0 spiro atoms. The van der Waals surface area contributed by atoms with Gasteiger partial charge < -0.3 is 15.2 Å². The zero-order valence-electron chi connectivity index (χ0n) is 11.5. The lowest BCUT2D eigenvalue weighted by Crippen LogP contribution is -2.40. The van der Waals surface area contributed by atoms with Gasteiger partial charge in [-0.2, -0.15) is 0 Å². The molecule has 0 bridgehead atoms. The molecule has 2 aromatic carbocycles. The van der Waals surface area contributed by atoms with Gasteiger partial charge in [0.05, 0.1) is 12.3 Å².